The van der Waals surface area contributed by atoms with Crippen LogP contribution < -0.4 is 10.6 Å². The maximum Gasteiger partial charge on any atom is 0.123 e. The molecule has 0 aliphatic carbocycles. The molecule has 0 heterocycles. The smallest absolute Gasteiger partial charge is 0.123 e. The zero-order valence-corrected chi connectivity index (χ0v) is 8.87. The van der Waals surface area contributed by atoms with Crippen LogP contribution in [-0.4, -0.2) is 19.1 Å². The molecule has 0 spiro atoms. The van der Waals surface area contributed by atoms with E-state index in [4.69, 9.17) is 11.0 Å². The van der Waals surface area contributed by atoms with E-state index in [2.05, 4.69) is 0 Å². The maximum absolute atomic E-state index is 12.7. The summed E-state index contributed by atoms with van der Waals surface area (Å²) in [4.78, 5) is 1.82. The summed E-state index contributed by atoms with van der Waals surface area (Å²) in [7, 11) is 1.82. The number of nitrogens with zero attached hydrogens (tertiary/aromatic N) is 2. The van der Waals surface area contributed by atoms with E-state index in [0.29, 0.717) is 6.54 Å². The molecule has 1 aromatic carbocycles. The van der Waals surface area contributed by atoms with Crippen LogP contribution in [0.2, 0.25) is 0 Å². The topological polar surface area (TPSA) is 53.0 Å². The molecule has 2 N–H and O–H groups in total. The van der Waals surface area contributed by atoms with E-state index in [1.54, 1.807) is 19.1 Å². The Labute approximate surface area is 88.9 Å². The number of nitriles is 1. The summed E-state index contributed by atoms with van der Waals surface area (Å²) in [5.74, 6) is -0.275. The van der Waals surface area contributed by atoms with Crippen molar-refractivity contribution in [2.45, 2.75) is 12.5 Å². The van der Waals surface area contributed by atoms with Crippen molar-refractivity contribution >= 4 is 5.69 Å². The fraction of sp³-hybridized carbons (Fsp3) is 0.364. The molecular weight excluding hydrogens is 193 g/mol. The van der Waals surface area contributed by atoms with Gasteiger partial charge in [-0.05, 0) is 31.2 Å². The molecule has 4 heteroatoms. The maximum atomic E-state index is 12.7. The highest BCUT2D eigenvalue weighted by Gasteiger charge is 2.19. The van der Waals surface area contributed by atoms with Gasteiger partial charge < -0.3 is 10.6 Å². The molecule has 0 aromatic heterocycles. The van der Waals surface area contributed by atoms with Gasteiger partial charge in [0.15, 0.2) is 0 Å². The summed E-state index contributed by atoms with van der Waals surface area (Å²) in [6, 6.07) is 8.09. The van der Waals surface area contributed by atoms with Gasteiger partial charge in [-0.2, -0.15) is 5.26 Å². The van der Waals surface area contributed by atoms with Crippen molar-refractivity contribution in [2.24, 2.45) is 5.73 Å². The highest BCUT2D eigenvalue weighted by Crippen LogP contribution is 2.14. The number of anilines is 1. The van der Waals surface area contributed by atoms with Gasteiger partial charge in [0.25, 0.3) is 0 Å². The van der Waals surface area contributed by atoms with Crippen LogP contribution in [0.15, 0.2) is 24.3 Å². The average Bonchev–Trinajstić information content (AvgIpc) is 2.18. The molecule has 0 fully saturated rings. The highest BCUT2D eigenvalue weighted by molar-refractivity contribution is 5.46. The molecule has 1 unspecified atom stereocenters. The molecule has 1 aromatic rings. The molecule has 0 radical (unpaired) electrons. The van der Waals surface area contributed by atoms with Crippen LogP contribution in [0.3, 0.4) is 0 Å². The first kappa shape index (κ1) is 11.5. The number of nitrogens with two attached hydrogens (primary N) is 1. The zero-order valence-electron chi connectivity index (χ0n) is 8.87. The third kappa shape index (κ3) is 3.22. The second-order valence-electron chi connectivity index (χ2n) is 3.86. The Morgan fingerprint density at radius 3 is 2.47 bits per heavy atom. The van der Waals surface area contributed by atoms with Crippen molar-refractivity contribution in [2.75, 3.05) is 18.5 Å². The largest absolute Gasteiger partial charge is 0.372 e. The number of hydrogen-bond acceptors (Lipinski definition) is 3. The van der Waals surface area contributed by atoms with E-state index in [1.165, 1.54) is 12.1 Å². The molecule has 0 bridgehead atoms. The molecule has 3 nitrogen and oxygen atoms in total. The minimum Gasteiger partial charge on any atom is -0.372 e. The van der Waals surface area contributed by atoms with E-state index >= 15 is 0 Å². The van der Waals surface area contributed by atoms with Gasteiger partial charge in [-0.25, -0.2) is 4.39 Å². The summed E-state index contributed by atoms with van der Waals surface area (Å²) < 4.78 is 12.7. The Balaban J connectivity index is 2.74. The fourth-order valence-corrected chi connectivity index (χ4v) is 1.31. The van der Waals surface area contributed by atoms with Crippen molar-refractivity contribution < 1.29 is 4.39 Å². The first-order chi connectivity index (χ1) is 6.94. The van der Waals surface area contributed by atoms with Crippen molar-refractivity contribution in [3.05, 3.63) is 30.1 Å². The standard InChI is InChI=1S/C11H14FN3/c1-11(14,7-13)8-15(2)10-5-3-9(12)4-6-10/h3-6H,8,14H2,1-2H3. The van der Waals surface area contributed by atoms with Crippen LogP contribution in [0.1, 0.15) is 6.92 Å². The van der Waals surface area contributed by atoms with Gasteiger partial charge >= 0.3 is 0 Å². The Morgan fingerprint density at radius 1 is 1.47 bits per heavy atom. The van der Waals surface area contributed by atoms with Gasteiger partial charge in [0.05, 0.1) is 6.07 Å². The Bertz CT molecular complexity index is 364. The van der Waals surface area contributed by atoms with E-state index in [-0.39, 0.29) is 5.82 Å². The molecular formula is C11H14FN3. The zero-order chi connectivity index (χ0) is 11.5. The van der Waals surface area contributed by atoms with E-state index in [1.807, 2.05) is 18.0 Å². The van der Waals surface area contributed by atoms with E-state index < -0.39 is 5.54 Å². The lowest BCUT2D eigenvalue weighted by Gasteiger charge is -2.26. The molecule has 0 saturated heterocycles. The van der Waals surface area contributed by atoms with Gasteiger partial charge in [-0.1, -0.05) is 0 Å². The fourth-order valence-electron chi connectivity index (χ4n) is 1.31. The normalized spacial score (nSPS) is 14.1. The number of benzene rings is 1. The summed E-state index contributed by atoms with van der Waals surface area (Å²) in [6.07, 6.45) is 0. The molecule has 0 aliphatic rings. The number of hydrogen-bond donors (Lipinski definition) is 1. The van der Waals surface area contributed by atoms with Crippen LogP contribution in [-0.2, 0) is 0 Å². The minimum absolute atomic E-state index is 0.275. The summed E-state index contributed by atoms with van der Waals surface area (Å²) in [5.41, 5.74) is 5.64. The lowest BCUT2D eigenvalue weighted by molar-refractivity contribution is 0.592. The molecule has 0 aliphatic heterocycles. The summed E-state index contributed by atoms with van der Waals surface area (Å²) >= 11 is 0. The summed E-state index contributed by atoms with van der Waals surface area (Å²) in [6.45, 7) is 2.06. The predicted octanol–water partition coefficient (Wildman–Crippen LogP) is 1.50. The number of halogens is 1. The molecule has 0 amide bonds. The van der Waals surface area contributed by atoms with E-state index in [9.17, 15) is 4.39 Å². The summed E-state index contributed by atoms with van der Waals surface area (Å²) in [5, 5.41) is 8.77. The third-order valence-electron chi connectivity index (χ3n) is 2.09. The lowest BCUT2D eigenvalue weighted by atomic mass is 10.1. The molecule has 1 rings (SSSR count). The first-order valence-electron chi connectivity index (χ1n) is 4.61. The van der Waals surface area contributed by atoms with Crippen molar-refractivity contribution in [1.29, 1.82) is 5.26 Å². The average molecular weight is 207 g/mol. The SMILES string of the molecule is CN(CC(C)(N)C#N)c1ccc(F)cc1. The number of likely N-dealkylation sites (N-methyl/N-ethyl adjacent to an activating group) is 1. The van der Waals surface area contributed by atoms with Crippen LogP contribution in [0.5, 0.6) is 0 Å². The number of rotatable bonds is 3. The monoisotopic (exact) mass is 207 g/mol. The Hall–Kier alpha value is -1.60. The highest BCUT2D eigenvalue weighted by atomic mass is 19.1. The minimum atomic E-state index is -0.900. The van der Waals surface area contributed by atoms with Crippen molar-refractivity contribution in [3.8, 4) is 6.07 Å². The third-order valence-corrected chi connectivity index (χ3v) is 2.09. The quantitative estimate of drug-likeness (QED) is 0.817. The van der Waals surface area contributed by atoms with Crippen molar-refractivity contribution in [3.63, 3.8) is 0 Å². The molecule has 80 valence electrons. The van der Waals surface area contributed by atoms with Crippen LogP contribution in [0.4, 0.5) is 10.1 Å². The Morgan fingerprint density at radius 2 is 2.00 bits per heavy atom. The van der Waals surface area contributed by atoms with Crippen LogP contribution in [0, 0.1) is 17.1 Å². The van der Waals surface area contributed by atoms with Gasteiger partial charge in [0, 0.05) is 19.3 Å². The van der Waals surface area contributed by atoms with Gasteiger partial charge in [0.2, 0.25) is 0 Å². The second-order valence-corrected chi connectivity index (χ2v) is 3.86. The molecule has 0 saturated carbocycles. The van der Waals surface area contributed by atoms with Crippen LogP contribution >= 0.6 is 0 Å². The second kappa shape index (κ2) is 4.28. The van der Waals surface area contributed by atoms with Crippen LogP contribution in [0.25, 0.3) is 0 Å². The van der Waals surface area contributed by atoms with Crippen molar-refractivity contribution in [1.82, 2.24) is 0 Å². The molecule has 15 heavy (non-hydrogen) atoms. The predicted molar refractivity (Wildman–Crippen MR) is 57.9 cm³/mol. The van der Waals surface area contributed by atoms with Gasteiger partial charge in [-0.15, -0.1) is 0 Å². The van der Waals surface area contributed by atoms with Gasteiger partial charge in [0.1, 0.15) is 11.4 Å². The van der Waals surface area contributed by atoms with E-state index in [0.717, 1.165) is 5.69 Å². The first-order valence-corrected chi connectivity index (χ1v) is 4.61. The lowest BCUT2D eigenvalue weighted by Crippen LogP contribution is -2.45. The van der Waals surface area contributed by atoms with Gasteiger partial charge in [-0.3, -0.25) is 0 Å². The molecule has 1 atom stereocenters. The Kier molecular flexibility index (Phi) is 3.28.